The zero-order valence-corrected chi connectivity index (χ0v) is 21.6. The van der Waals surface area contributed by atoms with Crippen LogP contribution in [0.3, 0.4) is 0 Å². The number of carbonyl (C=O) groups is 1. The summed E-state index contributed by atoms with van der Waals surface area (Å²) in [5, 5.41) is 23.0. The van der Waals surface area contributed by atoms with Crippen LogP contribution in [0.2, 0.25) is 0 Å². The number of rotatable bonds is 8. The summed E-state index contributed by atoms with van der Waals surface area (Å²) in [6, 6.07) is 25.4. The second-order valence-electron chi connectivity index (χ2n) is 8.47. The van der Waals surface area contributed by atoms with Crippen LogP contribution >= 0.6 is 11.8 Å². The summed E-state index contributed by atoms with van der Waals surface area (Å²) in [6.45, 7) is 2.63. The number of nitro benzene ring substituents is 1. The van der Waals surface area contributed by atoms with E-state index in [1.807, 2.05) is 67.6 Å². The smallest absolute Gasteiger partial charge is 0.283 e. The quantitative estimate of drug-likeness (QED) is 0.0530. The van der Waals surface area contributed by atoms with E-state index in [0.717, 1.165) is 33.9 Å². The number of nitriles is 1. The Morgan fingerprint density at radius 1 is 1.05 bits per heavy atom. The van der Waals surface area contributed by atoms with Gasteiger partial charge < -0.3 is 4.57 Å². The molecule has 39 heavy (non-hydrogen) atoms. The fourth-order valence-electron chi connectivity index (χ4n) is 4.50. The molecule has 2 heterocycles. The average Bonchev–Trinajstić information content (AvgIpc) is 3.31. The van der Waals surface area contributed by atoms with Gasteiger partial charge in [-0.05, 0) is 54.1 Å². The number of carbonyl (C=O) groups excluding carboxylic acids is 1. The van der Waals surface area contributed by atoms with E-state index in [9.17, 15) is 20.2 Å². The lowest BCUT2D eigenvalue weighted by molar-refractivity contribution is -0.387. The number of aryl methyl sites for hydroxylation is 1. The maximum absolute atomic E-state index is 14.0. The number of fused-ring (bicyclic) bond motifs is 1. The number of nitrogens with zero attached hydrogens (tertiary/aromatic N) is 5. The molecule has 0 N–H and O–H groups in total. The zero-order chi connectivity index (χ0) is 27.4. The van der Waals surface area contributed by atoms with Crippen molar-refractivity contribution in [3.05, 3.63) is 118 Å². The highest BCUT2D eigenvalue weighted by Gasteiger charge is 2.26. The molecule has 0 atom stereocenters. The van der Waals surface area contributed by atoms with Gasteiger partial charge in [0.1, 0.15) is 11.6 Å². The highest BCUT2D eigenvalue weighted by Crippen LogP contribution is 2.37. The van der Waals surface area contributed by atoms with E-state index in [1.165, 1.54) is 12.1 Å². The fourth-order valence-corrected chi connectivity index (χ4v) is 5.30. The van der Waals surface area contributed by atoms with Crippen LogP contribution in [0.15, 0.2) is 107 Å². The first-order valence-corrected chi connectivity index (χ1v) is 12.9. The molecular formula is C30H21N5O3S. The number of benzene rings is 3. The topological polar surface area (TPSA) is 115 Å². The van der Waals surface area contributed by atoms with Crippen LogP contribution in [-0.2, 0) is 6.54 Å². The lowest BCUT2D eigenvalue weighted by Gasteiger charge is -2.10. The molecule has 2 aromatic heterocycles. The second kappa shape index (κ2) is 11.1. The third kappa shape index (κ3) is 5.06. The molecule has 0 aliphatic rings. The molecule has 0 fully saturated rings. The van der Waals surface area contributed by atoms with Crippen molar-refractivity contribution >= 4 is 40.2 Å². The average molecular weight is 532 g/mol. The van der Waals surface area contributed by atoms with Crippen LogP contribution in [0, 0.1) is 21.4 Å². The molecule has 8 nitrogen and oxygen atoms in total. The minimum Gasteiger partial charge on any atom is -0.340 e. The van der Waals surface area contributed by atoms with Crippen molar-refractivity contribution in [2.75, 3.05) is 0 Å². The second-order valence-corrected chi connectivity index (χ2v) is 9.48. The normalized spacial score (nSPS) is 11.3. The standard InChI is InChI=1S/C30H21N5O3S/c1-2-34-24-12-7-6-11-23(24)27(28(34)21-9-4-3-5-10-21)29(36)22(19-31)17-20-13-14-26(25(18-20)35(37)38)39-30-32-15-8-16-33-30/h3-18H,2H2,1H3/b22-17+. The first-order chi connectivity index (χ1) is 19.0. The number of ketones is 1. The molecule has 9 heteroatoms. The van der Waals surface area contributed by atoms with Crippen molar-refractivity contribution in [3.63, 3.8) is 0 Å². The lowest BCUT2D eigenvalue weighted by atomic mass is 9.96. The van der Waals surface area contributed by atoms with E-state index >= 15 is 0 Å². The molecule has 0 saturated carbocycles. The van der Waals surface area contributed by atoms with Gasteiger partial charge in [0.05, 0.1) is 21.1 Å². The molecule has 0 bridgehead atoms. The molecule has 0 unspecified atom stereocenters. The van der Waals surface area contributed by atoms with E-state index < -0.39 is 10.7 Å². The molecular weight excluding hydrogens is 510 g/mol. The minimum atomic E-state index is -0.501. The highest BCUT2D eigenvalue weighted by molar-refractivity contribution is 7.99. The Balaban J connectivity index is 1.61. The highest BCUT2D eigenvalue weighted by atomic mass is 32.2. The van der Waals surface area contributed by atoms with Gasteiger partial charge in [-0.1, -0.05) is 54.6 Å². The molecule has 0 amide bonds. The third-order valence-electron chi connectivity index (χ3n) is 6.16. The minimum absolute atomic E-state index is 0.118. The summed E-state index contributed by atoms with van der Waals surface area (Å²) in [6.07, 6.45) is 4.51. The Morgan fingerprint density at radius 3 is 2.46 bits per heavy atom. The van der Waals surface area contributed by atoms with Gasteiger partial charge in [-0.2, -0.15) is 5.26 Å². The van der Waals surface area contributed by atoms with Crippen molar-refractivity contribution in [2.45, 2.75) is 23.5 Å². The summed E-state index contributed by atoms with van der Waals surface area (Å²) in [4.78, 5) is 33.9. The van der Waals surface area contributed by atoms with Gasteiger partial charge in [-0.3, -0.25) is 14.9 Å². The summed E-state index contributed by atoms with van der Waals surface area (Å²) in [5.74, 6) is -0.446. The van der Waals surface area contributed by atoms with E-state index in [-0.39, 0.29) is 11.3 Å². The van der Waals surface area contributed by atoms with Crippen molar-refractivity contribution in [1.29, 1.82) is 5.26 Å². The van der Waals surface area contributed by atoms with E-state index in [4.69, 9.17) is 0 Å². The van der Waals surface area contributed by atoms with Crippen molar-refractivity contribution in [3.8, 4) is 17.3 Å². The molecule has 3 aromatic carbocycles. The number of Topliss-reactive ketones (excluding diaryl/α,β-unsaturated/α-hetero) is 1. The largest absolute Gasteiger partial charge is 0.340 e. The predicted molar refractivity (Wildman–Crippen MR) is 150 cm³/mol. The Labute approximate surface area is 228 Å². The van der Waals surface area contributed by atoms with Crippen LogP contribution in [0.5, 0.6) is 0 Å². The fraction of sp³-hybridized carbons (Fsp3) is 0.0667. The van der Waals surface area contributed by atoms with E-state index in [1.54, 1.807) is 30.6 Å². The summed E-state index contributed by atoms with van der Waals surface area (Å²) in [7, 11) is 0. The van der Waals surface area contributed by atoms with Crippen molar-refractivity contribution in [1.82, 2.24) is 14.5 Å². The number of allylic oxidation sites excluding steroid dienone is 1. The first-order valence-electron chi connectivity index (χ1n) is 12.1. The molecule has 0 saturated heterocycles. The monoisotopic (exact) mass is 531 g/mol. The predicted octanol–water partition coefficient (Wildman–Crippen LogP) is 6.97. The Morgan fingerprint density at radius 2 is 1.77 bits per heavy atom. The summed E-state index contributed by atoms with van der Waals surface area (Å²) < 4.78 is 2.06. The molecule has 0 aliphatic heterocycles. The van der Waals surface area contributed by atoms with Gasteiger partial charge in [-0.25, -0.2) is 9.97 Å². The Kier molecular flexibility index (Phi) is 7.30. The van der Waals surface area contributed by atoms with Crippen LogP contribution in [0.25, 0.3) is 28.2 Å². The third-order valence-corrected chi connectivity index (χ3v) is 7.12. The lowest BCUT2D eigenvalue weighted by Crippen LogP contribution is -2.06. The maximum atomic E-state index is 14.0. The van der Waals surface area contributed by atoms with Crippen LogP contribution in [-0.4, -0.2) is 25.2 Å². The summed E-state index contributed by atoms with van der Waals surface area (Å²) >= 11 is 1.07. The van der Waals surface area contributed by atoms with Crippen LogP contribution < -0.4 is 0 Å². The molecule has 190 valence electrons. The molecule has 0 spiro atoms. The zero-order valence-electron chi connectivity index (χ0n) is 20.8. The van der Waals surface area contributed by atoms with Crippen LogP contribution in [0.4, 0.5) is 5.69 Å². The van der Waals surface area contributed by atoms with E-state index in [0.29, 0.717) is 27.7 Å². The number of para-hydroxylation sites is 1. The molecule has 5 rings (SSSR count). The Hall–Kier alpha value is -5.07. The first kappa shape index (κ1) is 25.6. The van der Waals surface area contributed by atoms with E-state index in [2.05, 4.69) is 14.5 Å². The SMILES string of the molecule is CCn1c(-c2ccccc2)c(C(=O)/C(C#N)=C/c2ccc(Sc3ncccn3)c([N+](=O)[O-])c2)c2ccccc21. The molecule has 0 radical (unpaired) electrons. The summed E-state index contributed by atoms with van der Waals surface area (Å²) in [5.41, 5.74) is 2.98. The van der Waals surface area contributed by atoms with Crippen molar-refractivity contribution < 1.29 is 9.72 Å². The van der Waals surface area contributed by atoms with Gasteiger partial charge in [0.25, 0.3) is 5.69 Å². The number of aromatic nitrogens is 3. The number of hydrogen-bond acceptors (Lipinski definition) is 7. The number of hydrogen-bond donors (Lipinski definition) is 0. The number of nitro groups is 1. The molecule has 5 aromatic rings. The van der Waals surface area contributed by atoms with Gasteiger partial charge in [0.2, 0.25) is 5.78 Å². The maximum Gasteiger partial charge on any atom is 0.283 e. The Bertz CT molecular complexity index is 1770. The van der Waals surface area contributed by atoms with Gasteiger partial charge in [-0.15, -0.1) is 0 Å². The van der Waals surface area contributed by atoms with Crippen molar-refractivity contribution in [2.24, 2.45) is 0 Å². The van der Waals surface area contributed by atoms with Crippen LogP contribution in [0.1, 0.15) is 22.8 Å². The van der Waals surface area contributed by atoms with Gasteiger partial charge >= 0.3 is 0 Å². The molecule has 0 aliphatic carbocycles. The van der Waals surface area contributed by atoms with Gasteiger partial charge in [0.15, 0.2) is 5.16 Å². The van der Waals surface area contributed by atoms with Gasteiger partial charge in [0, 0.05) is 35.9 Å².